The van der Waals surface area contributed by atoms with Crippen molar-refractivity contribution in [3.8, 4) is 0 Å². The molecule has 7 heteroatoms. The van der Waals surface area contributed by atoms with Crippen molar-refractivity contribution in [2.45, 2.75) is 13.1 Å². The monoisotopic (exact) mass is 350 g/mol. The fourth-order valence-corrected chi connectivity index (χ4v) is 2.42. The number of nitrogens with one attached hydrogen (secondary N) is 1. The van der Waals surface area contributed by atoms with E-state index in [4.69, 9.17) is 0 Å². The molecule has 0 unspecified atom stereocenters. The van der Waals surface area contributed by atoms with Gasteiger partial charge in [-0.1, -0.05) is 24.3 Å². The number of carbonyl (C=O) groups excluding carboxylic acids is 2. The molecular weight excluding hydrogens is 332 g/mol. The van der Waals surface area contributed by atoms with Crippen LogP contribution in [0, 0.1) is 0 Å². The van der Waals surface area contributed by atoms with E-state index in [1.807, 2.05) is 12.1 Å². The van der Waals surface area contributed by atoms with Crippen LogP contribution in [0.4, 0.5) is 0 Å². The number of esters is 1. The fraction of sp³-hybridized carbons (Fsp3) is 0.158. The van der Waals surface area contributed by atoms with Gasteiger partial charge in [0.05, 0.1) is 19.2 Å². The molecule has 0 atom stereocenters. The summed E-state index contributed by atoms with van der Waals surface area (Å²) in [6.07, 6.45) is 3.13. The van der Waals surface area contributed by atoms with Gasteiger partial charge in [-0.3, -0.25) is 4.79 Å². The molecule has 1 N–H and O–H groups in total. The number of aromatic nitrogens is 3. The third-order valence-electron chi connectivity index (χ3n) is 3.86. The Hall–Kier alpha value is -3.48. The first-order chi connectivity index (χ1) is 12.7. The first kappa shape index (κ1) is 17.3. The molecule has 1 amide bonds. The Morgan fingerprint density at radius 2 is 1.65 bits per heavy atom. The number of rotatable bonds is 6. The Morgan fingerprint density at radius 1 is 1.00 bits per heavy atom. The molecule has 7 nitrogen and oxygen atoms in total. The van der Waals surface area contributed by atoms with E-state index in [1.165, 1.54) is 13.4 Å². The van der Waals surface area contributed by atoms with Gasteiger partial charge in [-0.2, -0.15) is 5.10 Å². The maximum atomic E-state index is 12.3. The predicted molar refractivity (Wildman–Crippen MR) is 94.5 cm³/mol. The zero-order valence-electron chi connectivity index (χ0n) is 14.3. The molecule has 1 aromatic heterocycles. The molecule has 3 aromatic rings. The molecular formula is C19H18N4O3. The van der Waals surface area contributed by atoms with Crippen LogP contribution < -0.4 is 5.32 Å². The van der Waals surface area contributed by atoms with Crippen molar-refractivity contribution in [2.24, 2.45) is 0 Å². The number of amides is 1. The number of hydrogen-bond donors (Lipinski definition) is 1. The minimum absolute atomic E-state index is 0.158. The van der Waals surface area contributed by atoms with Crippen molar-refractivity contribution in [3.63, 3.8) is 0 Å². The highest BCUT2D eigenvalue weighted by atomic mass is 16.5. The van der Waals surface area contributed by atoms with Crippen LogP contribution in [0.2, 0.25) is 0 Å². The summed E-state index contributed by atoms with van der Waals surface area (Å²) >= 11 is 0. The maximum absolute atomic E-state index is 12.3. The van der Waals surface area contributed by atoms with Gasteiger partial charge in [0, 0.05) is 12.1 Å². The SMILES string of the molecule is COC(=O)c1ccc(CNC(=O)c2ccc(Cn3cncn3)cc2)cc1. The molecule has 0 aliphatic rings. The van der Waals surface area contributed by atoms with Crippen LogP contribution in [0.1, 0.15) is 31.8 Å². The third kappa shape index (κ3) is 4.32. The molecule has 0 aliphatic heterocycles. The van der Waals surface area contributed by atoms with Crippen molar-refractivity contribution >= 4 is 11.9 Å². The molecule has 1 heterocycles. The highest BCUT2D eigenvalue weighted by Crippen LogP contribution is 2.08. The molecule has 0 saturated carbocycles. The van der Waals surface area contributed by atoms with Crippen LogP contribution in [0.3, 0.4) is 0 Å². The number of hydrogen-bond acceptors (Lipinski definition) is 5. The Labute approximate surface area is 150 Å². The quantitative estimate of drug-likeness (QED) is 0.688. The Balaban J connectivity index is 1.55. The van der Waals surface area contributed by atoms with Crippen LogP contribution in [0.5, 0.6) is 0 Å². The van der Waals surface area contributed by atoms with E-state index in [1.54, 1.807) is 47.4 Å². The minimum Gasteiger partial charge on any atom is -0.465 e. The summed E-state index contributed by atoms with van der Waals surface area (Å²) in [7, 11) is 1.34. The number of benzene rings is 2. The molecule has 0 spiro atoms. The normalized spacial score (nSPS) is 10.3. The highest BCUT2D eigenvalue weighted by molar-refractivity contribution is 5.94. The molecule has 132 valence electrons. The average molecular weight is 350 g/mol. The lowest BCUT2D eigenvalue weighted by Gasteiger charge is -2.07. The summed E-state index contributed by atoms with van der Waals surface area (Å²) in [6.45, 7) is 0.982. The summed E-state index contributed by atoms with van der Waals surface area (Å²) in [4.78, 5) is 27.6. The predicted octanol–water partition coefficient (Wildman–Crippen LogP) is 2.04. The van der Waals surface area contributed by atoms with Crippen molar-refractivity contribution in [1.29, 1.82) is 0 Å². The zero-order chi connectivity index (χ0) is 18.4. The van der Waals surface area contributed by atoms with E-state index in [0.717, 1.165) is 11.1 Å². The van der Waals surface area contributed by atoms with E-state index in [0.29, 0.717) is 24.2 Å². The summed E-state index contributed by atoms with van der Waals surface area (Å²) in [5.74, 6) is -0.541. The average Bonchev–Trinajstić information content (AvgIpc) is 3.19. The second-order valence-electron chi connectivity index (χ2n) is 5.66. The highest BCUT2D eigenvalue weighted by Gasteiger charge is 2.07. The van der Waals surface area contributed by atoms with Crippen molar-refractivity contribution in [1.82, 2.24) is 20.1 Å². The van der Waals surface area contributed by atoms with E-state index >= 15 is 0 Å². The first-order valence-corrected chi connectivity index (χ1v) is 8.02. The van der Waals surface area contributed by atoms with E-state index in [9.17, 15) is 9.59 Å². The molecule has 2 aromatic carbocycles. The van der Waals surface area contributed by atoms with E-state index in [2.05, 4.69) is 20.1 Å². The van der Waals surface area contributed by atoms with Gasteiger partial charge in [-0.05, 0) is 35.4 Å². The minimum atomic E-state index is -0.383. The summed E-state index contributed by atoms with van der Waals surface area (Å²) in [6, 6.07) is 14.3. The smallest absolute Gasteiger partial charge is 0.337 e. The van der Waals surface area contributed by atoms with Gasteiger partial charge in [0.2, 0.25) is 0 Å². The van der Waals surface area contributed by atoms with E-state index < -0.39 is 0 Å². The molecule has 0 aliphatic carbocycles. The maximum Gasteiger partial charge on any atom is 0.337 e. The van der Waals surface area contributed by atoms with Gasteiger partial charge >= 0.3 is 5.97 Å². The molecule has 0 fully saturated rings. The zero-order valence-corrected chi connectivity index (χ0v) is 14.3. The van der Waals surface area contributed by atoms with Crippen LogP contribution in [-0.4, -0.2) is 33.8 Å². The fourth-order valence-electron chi connectivity index (χ4n) is 2.42. The Morgan fingerprint density at radius 3 is 2.27 bits per heavy atom. The second kappa shape index (κ2) is 8.06. The van der Waals surface area contributed by atoms with Crippen LogP contribution >= 0.6 is 0 Å². The van der Waals surface area contributed by atoms with E-state index in [-0.39, 0.29) is 11.9 Å². The number of ether oxygens (including phenoxy) is 1. The molecule has 0 bridgehead atoms. The van der Waals surface area contributed by atoms with Gasteiger partial charge in [-0.15, -0.1) is 0 Å². The molecule has 0 radical (unpaired) electrons. The number of methoxy groups -OCH3 is 1. The molecule has 26 heavy (non-hydrogen) atoms. The lowest BCUT2D eigenvalue weighted by Crippen LogP contribution is -2.22. The largest absolute Gasteiger partial charge is 0.465 e. The third-order valence-corrected chi connectivity index (χ3v) is 3.86. The van der Waals surface area contributed by atoms with Crippen molar-refractivity contribution in [2.75, 3.05) is 7.11 Å². The standard InChI is InChI=1S/C19H18N4O3/c1-26-19(25)17-8-2-14(3-9-17)10-21-18(24)16-6-4-15(5-7-16)11-23-13-20-12-22-23/h2-9,12-13H,10-11H2,1H3,(H,21,24). The summed E-state index contributed by atoms with van der Waals surface area (Å²) in [5, 5.41) is 6.91. The second-order valence-corrected chi connectivity index (χ2v) is 5.66. The van der Waals surface area contributed by atoms with Crippen LogP contribution in [0.15, 0.2) is 61.2 Å². The number of nitrogens with zero attached hydrogens (tertiary/aromatic N) is 3. The van der Waals surface area contributed by atoms with Gasteiger partial charge < -0.3 is 10.1 Å². The van der Waals surface area contributed by atoms with Crippen LogP contribution in [-0.2, 0) is 17.8 Å². The summed E-state index contributed by atoms with van der Waals surface area (Å²) < 4.78 is 6.37. The van der Waals surface area contributed by atoms with Crippen LogP contribution in [0.25, 0.3) is 0 Å². The van der Waals surface area contributed by atoms with Gasteiger partial charge in [0.15, 0.2) is 0 Å². The topological polar surface area (TPSA) is 86.1 Å². The van der Waals surface area contributed by atoms with Crippen molar-refractivity contribution in [3.05, 3.63) is 83.4 Å². The molecule has 3 rings (SSSR count). The lowest BCUT2D eigenvalue weighted by molar-refractivity contribution is 0.0600. The summed E-state index contributed by atoms with van der Waals surface area (Å²) in [5.41, 5.74) is 2.99. The number of carbonyl (C=O) groups is 2. The first-order valence-electron chi connectivity index (χ1n) is 8.02. The molecule has 0 saturated heterocycles. The van der Waals surface area contributed by atoms with Crippen molar-refractivity contribution < 1.29 is 14.3 Å². The Bertz CT molecular complexity index is 872. The Kier molecular flexibility index (Phi) is 5.38. The van der Waals surface area contributed by atoms with Gasteiger partial charge in [0.1, 0.15) is 12.7 Å². The van der Waals surface area contributed by atoms with Gasteiger partial charge in [0.25, 0.3) is 5.91 Å². The lowest BCUT2D eigenvalue weighted by atomic mass is 10.1. The van der Waals surface area contributed by atoms with Gasteiger partial charge in [-0.25, -0.2) is 14.5 Å².